The molecule has 1 heterocycles. The van der Waals surface area contributed by atoms with Crippen molar-refractivity contribution in [3.05, 3.63) is 0 Å². The number of carboxylic acids is 1. The van der Waals surface area contributed by atoms with Crippen LogP contribution in [0.1, 0.15) is 13.8 Å². The lowest BCUT2D eigenvalue weighted by atomic mass is 10.1. The van der Waals surface area contributed by atoms with Gasteiger partial charge in [-0.15, -0.1) is 0 Å². The summed E-state index contributed by atoms with van der Waals surface area (Å²) in [4.78, 5) is 10.2. The van der Waals surface area contributed by atoms with Crippen molar-refractivity contribution in [2.24, 2.45) is 5.92 Å². The summed E-state index contributed by atoms with van der Waals surface area (Å²) in [6.45, 7) is 4.03. The Kier molecular flexibility index (Phi) is 1.45. The van der Waals surface area contributed by atoms with E-state index in [9.17, 15) is 4.79 Å². The maximum atomic E-state index is 10.2. The Labute approximate surface area is 54.1 Å². The highest BCUT2D eigenvalue weighted by Gasteiger charge is 2.43. The molecule has 1 aliphatic heterocycles. The van der Waals surface area contributed by atoms with Crippen LogP contribution in [0, 0.1) is 5.92 Å². The van der Waals surface area contributed by atoms with Gasteiger partial charge in [-0.25, -0.2) is 0 Å². The zero-order chi connectivity index (χ0) is 7.02. The first-order chi connectivity index (χ1) is 4.13. The lowest BCUT2D eigenvalue weighted by Crippen LogP contribution is -2.11. The van der Waals surface area contributed by atoms with E-state index in [4.69, 9.17) is 5.11 Å². The summed E-state index contributed by atoms with van der Waals surface area (Å²) < 4.78 is 0. The van der Waals surface area contributed by atoms with Crippen molar-refractivity contribution < 1.29 is 9.90 Å². The Morgan fingerprint density at radius 2 is 2.22 bits per heavy atom. The van der Waals surface area contributed by atoms with Gasteiger partial charge in [-0.3, -0.25) is 10.1 Å². The Bertz CT molecular complexity index is 133. The van der Waals surface area contributed by atoms with Crippen molar-refractivity contribution in [3.63, 3.8) is 0 Å². The lowest BCUT2D eigenvalue weighted by molar-refractivity contribution is -0.136. The normalized spacial score (nSPS) is 32.8. The zero-order valence-corrected chi connectivity index (χ0v) is 5.59. The third kappa shape index (κ3) is 1.21. The smallest absolute Gasteiger partial charge is 0.322 e. The number of rotatable bonds is 2. The number of hydrogen-bond acceptors (Lipinski definition) is 2. The van der Waals surface area contributed by atoms with E-state index in [-0.39, 0.29) is 12.1 Å². The number of hydrogen-bond donors (Lipinski definition) is 2. The molecule has 0 aromatic carbocycles. The van der Waals surface area contributed by atoms with Crippen LogP contribution >= 0.6 is 0 Å². The molecule has 0 amide bonds. The molecule has 1 aliphatic rings. The fourth-order valence-corrected chi connectivity index (χ4v) is 0.954. The molecule has 0 spiro atoms. The van der Waals surface area contributed by atoms with Gasteiger partial charge in [0.2, 0.25) is 0 Å². The second kappa shape index (κ2) is 1.99. The largest absolute Gasteiger partial charge is 0.480 e. The van der Waals surface area contributed by atoms with E-state index in [2.05, 4.69) is 5.32 Å². The predicted octanol–water partition coefficient (Wildman–Crippen LogP) is 0.0674. The van der Waals surface area contributed by atoms with E-state index in [0.717, 1.165) is 0 Å². The maximum Gasteiger partial charge on any atom is 0.322 e. The molecule has 1 saturated heterocycles. The highest BCUT2D eigenvalue weighted by molar-refractivity contribution is 5.78. The summed E-state index contributed by atoms with van der Waals surface area (Å²) in [6.07, 6.45) is 0. The fourth-order valence-electron chi connectivity index (χ4n) is 0.954. The molecule has 2 atom stereocenters. The van der Waals surface area contributed by atoms with Crippen molar-refractivity contribution in [1.29, 1.82) is 0 Å². The SMILES string of the molecule is CC(C)C1NC1C(=O)O. The second-order valence-corrected chi connectivity index (χ2v) is 2.75. The number of aliphatic carboxylic acids is 1. The van der Waals surface area contributed by atoms with Gasteiger partial charge in [0.05, 0.1) is 0 Å². The molecule has 3 heteroatoms. The van der Waals surface area contributed by atoms with Crippen LogP contribution in [0.3, 0.4) is 0 Å². The van der Waals surface area contributed by atoms with E-state index in [0.29, 0.717) is 5.92 Å². The highest BCUT2D eigenvalue weighted by Crippen LogP contribution is 2.19. The molecule has 0 aromatic rings. The summed E-state index contributed by atoms with van der Waals surface area (Å²) in [5, 5.41) is 11.3. The zero-order valence-electron chi connectivity index (χ0n) is 5.59. The van der Waals surface area contributed by atoms with E-state index in [1.165, 1.54) is 0 Å². The van der Waals surface area contributed by atoms with Crippen LogP contribution in [0.2, 0.25) is 0 Å². The van der Waals surface area contributed by atoms with Crippen molar-refractivity contribution in [1.82, 2.24) is 5.32 Å². The molecule has 2 N–H and O–H groups in total. The molecule has 52 valence electrons. The molecule has 0 radical (unpaired) electrons. The Morgan fingerprint density at radius 1 is 1.67 bits per heavy atom. The average Bonchev–Trinajstić information content (AvgIpc) is 2.39. The topological polar surface area (TPSA) is 59.2 Å². The van der Waals surface area contributed by atoms with Crippen molar-refractivity contribution in [2.75, 3.05) is 0 Å². The minimum atomic E-state index is -0.728. The van der Waals surface area contributed by atoms with Gasteiger partial charge in [0.15, 0.2) is 0 Å². The predicted molar refractivity (Wildman–Crippen MR) is 33.2 cm³/mol. The maximum absolute atomic E-state index is 10.2. The average molecular weight is 129 g/mol. The molecule has 0 aliphatic carbocycles. The van der Waals surface area contributed by atoms with Gasteiger partial charge >= 0.3 is 5.97 Å². The number of carboxylic acid groups (broad SMARTS) is 1. The summed E-state index contributed by atoms with van der Waals surface area (Å²) in [6, 6.07) is -0.0625. The van der Waals surface area contributed by atoms with Gasteiger partial charge in [0, 0.05) is 6.04 Å². The van der Waals surface area contributed by atoms with Crippen LogP contribution in [-0.4, -0.2) is 23.2 Å². The van der Waals surface area contributed by atoms with E-state index in [1.807, 2.05) is 13.8 Å². The Balaban J connectivity index is 2.33. The van der Waals surface area contributed by atoms with Gasteiger partial charge < -0.3 is 5.11 Å². The quantitative estimate of drug-likeness (QED) is 0.518. The second-order valence-electron chi connectivity index (χ2n) is 2.75. The van der Waals surface area contributed by atoms with Crippen LogP contribution in [0.5, 0.6) is 0 Å². The van der Waals surface area contributed by atoms with Crippen LogP contribution < -0.4 is 5.32 Å². The monoisotopic (exact) mass is 129 g/mol. The molecule has 3 nitrogen and oxygen atoms in total. The molecule has 1 fully saturated rings. The summed E-state index contributed by atoms with van der Waals surface area (Å²) >= 11 is 0. The highest BCUT2D eigenvalue weighted by atomic mass is 16.4. The first kappa shape index (κ1) is 6.55. The number of carbonyl (C=O) groups is 1. The molecule has 2 unspecified atom stereocenters. The molecule has 0 bridgehead atoms. The summed E-state index contributed by atoms with van der Waals surface area (Å²) in [5.74, 6) is -0.292. The Hall–Kier alpha value is -0.570. The Morgan fingerprint density at radius 3 is 2.33 bits per heavy atom. The minimum absolute atomic E-state index is 0.211. The fraction of sp³-hybridized carbons (Fsp3) is 0.833. The van der Waals surface area contributed by atoms with Gasteiger partial charge in [-0.1, -0.05) is 13.8 Å². The van der Waals surface area contributed by atoms with E-state index >= 15 is 0 Å². The van der Waals surface area contributed by atoms with Gasteiger partial charge in [-0.05, 0) is 5.92 Å². The summed E-state index contributed by atoms with van der Waals surface area (Å²) in [7, 11) is 0. The third-order valence-electron chi connectivity index (χ3n) is 1.61. The van der Waals surface area contributed by atoms with E-state index < -0.39 is 5.97 Å². The van der Waals surface area contributed by atoms with Gasteiger partial charge in [-0.2, -0.15) is 0 Å². The molecule has 9 heavy (non-hydrogen) atoms. The van der Waals surface area contributed by atoms with Crippen LogP contribution in [0.4, 0.5) is 0 Å². The van der Waals surface area contributed by atoms with E-state index in [1.54, 1.807) is 0 Å². The van der Waals surface area contributed by atoms with Gasteiger partial charge in [0.1, 0.15) is 6.04 Å². The van der Waals surface area contributed by atoms with Crippen LogP contribution in [-0.2, 0) is 4.79 Å². The van der Waals surface area contributed by atoms with Crippen molar-refractivity contribution in [2.45, 2.75) is 25.9 Å². The van der Waals surface area contributed by atoms with Crippen molar-refractivity contribution >= 4 is 5.97 Å². The third-order valence-corrected chi connectivity index (χ3v) is 1.61. The van der Waals surface area contributed by atoms with Crippen LogP contribution in [0.25, 0.3) is 0 Å². The summed E-state index contributed by atoms with van der Waals surface area (Å²) in [5.41, 5.74) is 0. The molecular formula is C6H11NO2. The van der Waals surface area contributed by atoms with Gasteiger partial charge in [0.25, 0.3) is 0 Å². The first-order valence-corrected chi connectivity index (χ1v) is 3.12. The minimum Gasteiger partial charge on any atom is -0.480 e. The molecule has 1 rings (SSSR count). The van der Waals surface area contributed by atoms with Crippen LogP contribution in [0.15, 0.2) is 0 Å². The molecule has 0 aromatic heterocycles. The molecular weight excluding hydrogens is 118 g/mol. The molecule has 0 saturated carbocycles. The first-order valence-electron chi connectivity index (χ1n) is 3.12. The number of nitrogens with one attached hydrogen (secondary N) is 1. The van der Waals surface area contributed by atoms with Crippen molar-refractivity contribution in [3.8, 4) is 0 Å². The standard InChI is InChI=1S/C6H11NO2/c1-3(2)4-5(7-4)6(8)9/h3-5,7H,1-2H3,(H,8,9). The lowest BCUT2D eigenvalue weighted by Gasteiger charge is -1.95.